The van der Waals surface area contributed by atoms with Crippen molar-refractivity contribution in [3.63, 3.8) is 0 Å². The van der Waals surface area contributed by atoms with Gasteiger partial charge in [-0.1, -0.05) is 0 Å². The second-order valence-corrected chi connectivity index (χ2v) is 5.85. The molecule has 17 heavy (non-hydrogen) atoms. The Morgan fingerprint density at radius 1 is 1.35 bits per heavy atom. The fourth-order valence-corrected chi connectivity index (χ4v) is 2.11. The number of hydrogen-bond donors (Lipinski definition) is 1. The van der Waals surface area contributed by atoms with Gasteiger partial charge in [0.2, 0.25) is 0 Å². The Hall–Kier alpha value is -0.870. The zero-order chi connectivity index (χ0) is 12.3. The van der Waals surface area contributed by atoms with Crippen LogP contribution in [0, 0.1) is 0 Å². The van der Waals surface area contributed by atoms with Crippen LogP contribution in [0.4, 0.5) is 0 Å². The first-order valence-corrected chi connectivity index (χ1v) is 6.39. The van der Waals surface area contributed by atoms with Gasteiger partial charge in [-0.3, -0.25) is 0 Å². The Morgan fingerprint density at radius 3 is 2.76 bits per heavy atom. The predicted molar refractivity (Wildman–Crippen MR) is 67.9 cm³/mol. The summed E-state index contributed by atoms with van der Waals surface area (Å²) in [4.78, 5) is 4.05. The van der Waals surface area contributed by atoms with E-state index in [-0.39, 0.29) is 5.54 Å². The lowest BCUT2D eigenvalue weighted by Gasteiger charge is -2.23. The van der Waals surface area contributed by atoms with Crippen LogP contribution in [0.3, 0.4) is 0 Å². The summed E-state index contributed by atoms with van der Waals surface area (Å²) in [5, 5.41) is 3.50. The summed E-state index contributed by atoms with van der Waals surface area (Å²) in [5.74, 6) is 0. The van der Waals surface area contributed by atoms with Crippen molar-refractivity contribution in [2.45, 2.75) is 57.9 Å². The molecule has 2 unspecified atom stereocenters. The van der Waals surface area contributed by atoms with Gasteiger partial charge >= 0.3 is 0 Å². The minimum absolute atomic E-state index is 0.172. The number of aromatic nitrogens is 2. The van der Waals surface area contributed by atoms with Gasteiger partial charge in [-0.2, -0.15) is 0 Å². The molecule has 2 atom stereocenters. The molecule has 4 nitrogen and oxygen atoms in total. The van der Waals surface area contributed by atoms with Crippen molar-refractivity contribution < 1.29 is 4.74 Å². The lowest BCUT2D eigenvalue weighted by Crippen LogP contribution is -2.41. The number of nitrogens with zero attached hydrogens (tertiary/aromatic N) is 2. The second-order valence-electron chi connectivity index (χ2n) is 5.85. The van der Waals surface area contributed by atoms with Crippen molar-refractivity contribution in [2.24, 2.45) is 0 Å². The Balaban J connectivity index is 1.72. The monoisotopic (exact) mass is 237 g/mol. The number of rotatable bonds is 4. The van der Waals surface area contributed by atoms with Gasteiger partial charge in [0.05, 0.1) is 18.5 Å². The lowest BCUT2D eigenvalue weighted by atomic mass is 10.1. The lowest BCUT2D eigenvalue weighted by molar-refractivity contribution is 0.0330. The zero-order valence-electron chi connectivity index (χ0n) is 11.0. The third-order valence-corrected chi connectivity index (χ3v) is 3.03. The predicted octanol–water partition coefficient (Wildman–Crippen LogP) is 1.82. The van der Waals surface area contributed by atoms with Crippen LogP contribution in [0.1, 0.15) is 33.6 Å². The standard InChI is InChI=1S/C13H23N3O/c1-13(2,3)15-8-11-4-5-12(17-11)9-16-7-6-14-10-16/h6-7,10-12,15H,4-5,8-9H2,1-3H3. The summed E-state index contributed by atoms with van der Waals surface area (Å²) in [7, 11) is 0. The van der Waals surface area contributed by atoms with E-state index in [4.69, 9.17) is 4.74 Å². The van der Waals surface area contributed by atoms with Gasteiger partial charge in [0, 0.05) is 31.0 Å². The van der Waals surface area contributed by atoms with Crippen LogP contribution >= 0.6 is 0 Å². The van der Waals surface area contributed by atoms with Gasteiger partial charge < -0.3 is 14.6 Å². The first kappa shape index (κ1) is 12.6. The van der Waals surface area contributed by atoms with Crippen LogP contribution in [-0.4, -0.2) is 33.8 Å². The summed E-state index contributed by atoms with van der Waals surface area (Å²) in [6.07, 6.45) is 8.66. The Kier molecular flexibility index (Phi) is 3.84. The third kappa shape index (κ3) is 4.13. The molecule has 1 aliphatic heterocycles. The van der Waals surface area contributed by atoms with E-state index in [1.807, 2.05) is 18.7 Å². The van der Waals surface area contributed by atoms with Gasteiger partial charge in [0.1, 0.15) is 0 Å². The minimum Gasteiger partial charge on any atom is -0.372 e. The highest BCUT2D eigenvalue weighted by molar-refractivity contribution is 4.82. The molecule has 1 saturated heterocycles. The van der Waals surface area contributed by atoms with Crippen LogP contribution in [0.15, 0.2) is 18.7 Å². The molecule has 0 amide bonds. The Labute approximate surface area is 103 Å². The van der Waals surface area contributed by atoms with E-state index >= 15 is 0 Å². The summed E-state index contributed by atoms with van der Waals surface area (Å²) >= 11 is 0. The normalized spacial score (nSPS) is 25.4. The van der Waals surface area contributed by atoms with Crippen molar-refractivity contribution in [2.75, 3.05) is 6.54 Å². The smallest absolute Gasteiger partial charge is 0.0946 e. The van der Waals surface area contributed by atoms with Crippen molar-refractivity contribution in [1.29, 1.82) is 0 Å². The quantitative estimate of drug-likeness (QED) is 0.868. The molecule has 0 saturated carbocycles. The molecule has 1 fully saturated rings. The summed E-state index contributed by atoms with van der Waals surface area (Å²) in [5.41, 5.74) is 0.172. The molecule has 2 rings (SSSR count). The number of imidazole rings is 1. The van der Waals surface area contributed by atoms with Crippen LogP contribution < -0.4 is 5.32 Å². The highest BCUT2D eigenvalue weighted by Crippen LogP contribution is 2.21. The fraction of sp³-hybridized carbons (Fsp3) is 0.769. The fourth-order valence-electron chi connectivity index (χ4n) is 2.11. The van der Waals surface area contributed by atoms with E-state index < -0.39 is 0 Å². The Bertz CT molecular complexity index is 329. The van der Waals surface area contributed by atoms with Crippen LogP contribution in [-0.2, 0) is 11.3 Å². The summed E-state index contributed by atoms with van der Waals surface area (Å²) in [6, 6.07) is 0. The molecule has 96 valence electrons. The highest BCUT2D eigenvalue weighted by Gasteiger charge is 2.26. The van der Waals surface area contributed by atoms with Gasteiger partial charge in [-0.25, -0.2) is 4.98 Å². The van der Waals surface area contributed by atoms with E-state index in [0.717, 1.165) is 25.9 Å². The average Bonchev–Trinajstić information content (AvgIpc) is 2.86. The van der Waals surface area contributed by atoms with Crippen LogP contribution in [0.25, 0.3) is 0 Å². The van der Waals surface area contributed by atoms with E-state index in [1.54, 1.807) is 0 Å². The maximum absolute atomic E-state index is 6.02. The topological polar surface area (TPSA) is 39.1 Å². The largest absolute Gasteiger partial charge is 0.372 e. The maximum atomic E-state index is 6.02. The number of nitrogens with one attached hydrogen (secondary N) is 1. The molecular weight excluding hydrogens is 214 g/mol. The van der Waals surface area contributed by atoms with Gasteiger partial charge in [-0.05, 0) is 33.6 Å². The molecule has 0 aromatic carbocycles. The van der Waals surface area contributed by atoms with Gasteiger partial charge in [-0.15, -0.1) is 0 Å². The van der Waals surface area contributed by atoms with Gasteiger partial charge in [0.15, 0.2) is 0 Å². The van der Waals surface area contributed by atoms with Crippen molar-refractivity contribution in [3.8, 4) is 0 Å². The first-order chi connectivity index (χ1) is 8.03. The highest BCUT2D eigenvalue weighted by atomic mass is 16.5. The molecular formula is C13H23N3O. The van der Waals surface area contributed by atoms with E-state index in [9.17, 15) is 0 Å². The molecule has 0 bridgehead atoms. The first-order valence-electron chi connectivity index (χ1n) is 6.39. The molecule has 1 aromatic heterocycles. The molecule has 2 heterocycles. The minimum atomic E-state index is 0.172. The Morgan fingerprint density at radius 2 is 2.12 bits per heavy atom. The van der Waals surface area contributed by atoms with Crippen molar-refractivity contribution >= 4 is 0 Å². The summed E-state index contributed by atoms with van der Waals surface area (Å²) < 4.78 is 8.11. The van der Waals surface area contributed by atoms with Crippen molar-refractivity contribution in [1.82, 2.24) is 14.9 Å². The molecule has 1 aliphatic rings. The molecule has 4 heteroatoms. The molecule has 0 aliphatic carbocycles. The number of hydrogen-bond acceptors (Lipinski definition) is 3. The second kappa shape index (κ2) is 5.19. The molecule has 1 N–H and O–H groups in total. The third-order valence-electron chi connectivity index (χ3n) is 3.03. The van der Waals surface area contributed by atoms with Crippen LogP contribution in [0.5, 0.6) is 0 Å². The van der Waals surface area contributed by atoms with E-state index in [2.05, 4.69) is 35.6 Å². The average molecular weight is 237 g/mol. The maximum Gasteiger partial charge on any atom is 0.0946 e. The number of ether oxygens (including phenoxy) is 1. The molecule has 0 radical (unpaired) electrons. The van der Waals surface area contributed by atoms with E-state index in [0.29, 0.717) is 12.2 Å². The molecule has 1 aromatic rings. The van der Waals surface area contributed by atoms with Crippen molar-refractivity contribution in [3.05, 3.63) is 18.7 Å². The zero-order valence-corrected chi connectivity index (χ0v) is 11.0. The molecule has 0 spiro atoms. The summed E-state index contributed by atoms with van der Waals surface area (Å²) in [6.45, 7) is 8.43. The van der Waals surface area contributed by atoms with E-state index in [1.165, 1.54) is 0 Å². The van der Waals surface area contributed by atoms with Gasteiger partial charge in [0.25, 0.3) is 0 Å². The van der Waals surface area contributed by atoms with Crippen LogP contribution in [0.2, 0.25) is 0 Å². The SMILES string of the molecule is CC(C)(C)NCC1CCC(Cn2ccnc2)O1.